The van der Waals surface area contributed by atoms with Crippen LogP contribution in [-0.4, -0.2) is 18.3 Å². The standard InChI is InChI=1S/C19H21NO2/c1-3-13-22-18-11-9-16(10-12-18)15(2)20-19(14-21)17-7-5-4-6-8-17/h1,4-12,15,19-21H,13-14H2,2H3. The van der Waals surface area contributed by atoms with Gasteiger partial charge in [0.15, 0.2) is 0 Å². The highest BCUT2D eigenvalue weighted by atomic mass is 16.5. The molecule has 0 aliphatic carbocycles. The van der Waals surface area contributed by atoms with Crippen LogP contribution in [0.4, 0.5) is 0 Å². The van der Waals surface area contributed by atoms with Gasteiger partial charge in [-0.1, -0.05) is 48.4 Å². The second-order valence-electron chi connectivity index (χ2n) is 5.10. The minimum Gasteiger partial charge on any atom is -0.481 e. The van der Waals surface area contributed by atoms with Crippen molar-refractivity contribution in [3.63, 3.8) is 0 Å². The molecular formula is C19H21NO2. The fourth-order valence-electron chi connectivity index (χ4n) is 2.32. The van der Waals surface area contributed by atoms with Crippen molar-refractivity contribution >= 4 is 0 Å². The van der Waals surface area contributed by atoms with Crippen molar-refractivity contribution in [2.75, 3.05) is 13.2 Å². The van der Waals surface area contributed by atoms with E-state index in [1.54, 1.807) is 0 Å². The van der Waals surface area contributed by atoms with E-state index in [1.165, 1.54) is 0 Å². The Morgan fingerprint density at radius 1 is 1.09 bits per heavy atom. The Morgan fingerprint density at radius 2 is 1.77 bits per heavy atom. The number of rotatable bonds is 7. The van der Waals surface area contributed by atoms with E-state index in [1.807, 2.05) is 54.6 Å². The smallest absolute Gasteiger partial charge is 0.148 e. The van der Waals surface area contributed by atoms with Gasteiger partial charge in [0.2, 0.25) is 0 Å². The fourth-order valence-corrected chi connectivity index (χ4v) is 2.32. The molecule has 2 N–H and O–H groups in total. The predicted molar refractivity (Wildman–Crippen MR) is 88.6 cm³/mol. The molecule has 3 heteroatoms. The first-order valence-electron chi connectivity index (χ1n) is 7.32. The Labute approximate surface area is 131 Å². The first-order chi connectivity index (χ1) is 10.7. The molecule has 0 spiro atoms. The number of ether oxygens (including phenoxy) is 1. The van der Waals surface area contributed by atoms with Gasteiger partial charge in [0.1, 0.15) is 12.4 Å². The molecule has 0 saturated carbocycles. The van der Waals surface area contributed by atoms with Crippen molar-refractivity contribution in [2.45, 2.75) is 19.0 Å². The summed E-state index contributed by atoms with van der Waals surface area (Å²) in [6, 6.07) is 17.8. The summed E-state index contributed by atoms with van der Waals surface area (Å²) >= 11 is 0. The minimum absolute atomic E-state index is 0.0533. The number of hydrogen-bond donors (Lipinski definition) is 2. The molecule has 2 unspecified atom stereocenters. The molecule has 0 bridgehead atoms. The summed E-state index contributed by atoms with van der Waals surface area (Å²) in [6.07, 6.45) is 5.17. The maximum absolute atomic E-state index is 9.62. The molecule has 2 atom stereocenters. The van der Waals surface area contributed by atoms with E-state index >= 15 is 0 Å². The van der Waals surface area contributed by atoms with Gasteiger partial charge in [-0.05, 0) is 30.2 Å². The maximum atomic E-state index is 9.62. The van der Waals surface area contributed by atoms with Gasteiger partial charge in [-0.3, -0.25) is 0 Å². The van der Waals surface area contributed by atoms with E-state index < -0.39 is 0 Å². The first kappa shape index (κ1) is 16.1. The van der Waals surface area contributed by atoms with Crippen LogP contribution in [-0.2, 0) is 0 Å². The van der Waals surface area contributed by atoms with Gasteiger partial charge < -0.3 is 15.2 Å². The van der Waals surface area contributed by atoms with E-state index in [9.17, 15) is 5.11 Å². The number of terminal acetylenes is 1. The third-order valence-corrected chi connectivity index (χ3v) is 3.54. The maximum Gasteiger partial charge on any atom is 0.148 e. The second kappa shape index (κ2) is 8.23. The van der Waals surface area contributed by atoms with Gasteiger partial charge in [0, 0.05) is 6.04 Å². The van der Waals surface area contributed by atoms with Crippen molar-refractivity contribution in [1.29, 1.82) is 0 Å². The van der Waals surface area contributed by atoms with Crippen LogP contribution in [0.2, 0.25) is 0 Å². The van der Waals surface area contributed by atoms with Crippen LogP contribution in [0.3, 0.4) is 0 Å². The highest BCUT2D eigenvalue weighted by molar-refractivity contribution is 5.29. The highest BCUT2D eigenvalue weighted by Gasteiger charge is 2.14. The van der Waals surface area contributed by atoms with Gasteiger partial charge in [0.25, 0.3) is 0 Å². The summed E-state index contributed by atoms with van der Waals surface area (Å²) in [5, 5.41) is 13.1. The van der Waals surface area contributed by atoms with Gasteiger partial charge in [-0.2, -0.15) is 0 Å². The zero-order chi connectivity index (χ0) is 15.8. The lowest BCUT2D eigenvalue weighted by Gasteiger charge is -2.22. The van der Waals surface area contributed by atoms with E-state index in [0.29, 0.717) is 0 Å². The molecule has 0 aliphatic rings. The largest absolute Gasteiger partial charge is 0.481 e. The number of nitrogens with one attached hydrogen (secondary N) is 1. The third kappa shape index (κ3) is 4.36. The molecule has 2 aromatic carbocycles. The number of aliphatic hydroxyl groups excluding tert-OH is 1. The van der Waals surface area contributed by atoms with Crippen molar-refractivity contribution in [3.8, 4) is 18.1 Å². The summed E-state index contributed by atoms with van der Waals surface area (Å²) < 4.78 is 5.36. The molecule has 22 heavy (non-hydrogen) atoms. The normalized spacial score (nSPS) is 13.1. The van der Waals surface area contributed by atoms with Crippen molar-refractivity contribution < 1.29 is 9.84 Å². The quantitative estimate of drug-likeness (QED) is 0.771. The zero-order valence-electron chi connectivity index (χ0n) is 12.7. The molecule has 0 aromatic heterocycles. The van der Waals surface area contributed by atoms with Gasteiger partial charge >= 0.3 is 0 Å². The molecule has 0 heterocycles. The van der Waals surface area contributed by atoms with Crippen LogP contribution < -0.4 is 10.1 Å². The van der Waals surface area contributed by atoms with Crippen LogP contribution in [0.15, 0.2) is 54.6 Å². The molecule has 2 rings (SSSR count). The molecule has 0 fully saturated rings. The molecular weight excluding hydrogens is 274 g/mol. The lowest BCUT2D eigenvalue weighted by Crippen LogP contribution is -2.27. The zero-order valence-corrected chi connectivity index (χ0v) is 12.7. The van der Waals surface area contributed by atoms with Crippen LogP contribution >= 0.6 is 0 Å². The molecule has 0 aliphatic heterocycles. The first-order valence-corrected chi connectivity index (χ1v) is 7.32. The monoisotopic (exact) mass is 295 g/mol. The SMILES string of the molecule is C#CCOc1ccc(C(C)NC(CO)c2ccccc2)cc1. The Morgan fingerprint density at radius 3 is 2.36 bits per heavy atom. The second-order valence-corrected chi connectivity index (χ2v) is 5.10. The lowest BCUT2D eigenvalue weighted by molar-refractivity contribution is 0.235. The Balaban J connectivity index is 2.01. The van der Waals surface area contributed by atoms with Crippen molar-refractivity contribution in [3.05, 3.63) is 65.7 Å². The molecule has 3 nitrogen and oxygen atoms in total. The number of benzene rings is 2. The summed E-state index contributed by atoms with van der Waals surface area (Å²) in [6.45, 7) is 2.40. The average Bonchev–Trinajstić information content (AvgIpc) is 2.58. The number of hydrogen-bond acceptors (Lipinski definition) is 3. The van der Waals surface area contributed by atoms with E-state index in [0.717, 1.165) is 16.9 Å². The molecule has 0 radical (unpaired) electrons. The predicted octanol–water partition coefficient (Wildman–Crippen LogP) is 3.08. The summed E-state index contributed by atoms with van der Waals surface area (Å²) in [5.74, 6) is 3.20. The van der Waals surface area contributed by atoms with Gasteiger partial charge in [-0.15, -0.1) is 6.42 Å². The van der Waals surface area contributed by atoms with E-state index in [4.69, 9.17) is 11.2 Å². The van der Waals surface area contributed by atoms with E-state index in [-0.39, 0.29) is 25.3 Å². The van der Waals surface area contributed by atoms with E-state index in [2.05, 4.69) is 18.2 Å². The Kier molecular flexibility index (Phi) is 6.02. The Bertz CT molecular complexity index is 602. The summed E-state index contributed by atoms with van der Waals surface area (Å²) in [5.41, 5.74) is 2.20. The lowest BCUT2D eigenvalue weighted by atomic mass is 10.0. The minimum atomic E-state index is -0.0893. The fraction of sp³-hybridized carbons (Fsp3) is 0.263. The van der Waals surface area contributed by atoms with Crippen LogP contribution in [0.25, 0.3) is 0 Å². The van der Waals surface area contributed by atoms with Crippen LogP contribution in [0, 0.1) is 12.3 Å². The molecule has 0 amide bonds. The van der Waals surface area contributed by atoms with Crippen LogP contribution in [0.5, 0.6) is 5.75 Å². The average molecular weight is 295 g/mol. The van der Waals surface area contributed by atoms with Crippen molar-refractivity contribution in [2.24, 2.45) is 0 Å². The highest BCUT2D eigenvalue weighted by Crippen LogP contribution is 2.21. The summed E-state index contributed by atoms with van der Waals surface area (Å²) in [4.78, 5) is 0. The Hall–Kier alpha value is -2.28. The third-order valence-electron chi connectivity index (χ3n) is 3.54. The van der Waals surface area contributed by atoms with Gasteiger partial charge in [0.05, 0.1) is 12.6 Å². The van der Waals surface area contributed by atoms with Crippen LogP contribution in [0.1, 0.15) is 30.1 Å². The van der Waals surface area contributed by atoms with Crippen molar-refractivity contribution in [1.82, 2.24) is 5.32 Å². The van der Waals surface area contributed by atoms with Gasteiger partial charge in [-0.25, -0.2) is 0 Å². The summed E-state index contributed by atoms with van der Waals surface area (Å²) in [7, 11) is 0. The molecule has 114 valence electrons. The topological polar surface area (TPSA) is 41.5 Å². The molecule has 0 saturated heterocycles. The molecule has 2 aromatic rings. The number of aliphatic hydroxyl groups is 1.